The van der Waals surface area contributed by atoms with Gasteiger partial charge in [-0.15, -0.1) is 0 Å². The zero-order valence-electron chi connectivity index (χ0n) is 22.3. The summed E-state index contributed by atoms with van der Waals surface area (Å²) in [6, 6.07) is 8.53. The van der Waals surface area contributed by atoms with Gasteiger partial charge in [0, 0.05) is 13.5 Å². The highest BCUT2D eigenvalue weighted by atomic mass is 16.7. The molecule has 0 radical (unpaired) electrons. The van der Waals surface area contributed by atoms with E-state index in [0.29, 0.717) is 6.42 Å². The predicted octanol–water partition coefficient (Wildman–Crippen LogP) is 1.48. The lowest BCUT2D eigenvalue weighted by molar-refractivity contribution is -0.150. The lowest BCUT2D eigenvalue weighted by Gasteiger charge is -2.28. The number of amides is 2. The highest BCUT2D eigenvalue weighted by Crippen LogP contribution is 2.17. The normalized spacial score (nSPS) is 20.9. The van der Waals surface area contributed by atoms with Crippen LogP contribution < -0.4 is 10.6 Å². The molecule has 0 bridgehead atoms. The van der Waals surface area contributed by atoms with Crippen molar-refractivity contribution in [2.45, 2.75) is 84.0 Å². The summed E-state index contributed by atoms with van der Waals surface area (Å²) in [5, 5.41) is 36.1. The lowest BCUT2D eigenvalue weighted by Crippen LogP contribution is -2.55. The SMILES string of the molecule is C.CO[C@@H](C(=O)N[C@H]1CC[C@@H](OC(=O)OCCc2ccccc2)CNC1=O)[C@H](O)[C@@H](O)[C@H](O)/C=C/C(C)(C)C. The summed E-state index contributed by atoms with van der Waals surface area (Å²) in [7, 11) is 1.16. The van der Waals surface area contributed by atoms with Crippen molar-refractivity contribution in [2.75, 3.05) is 20.3 Å². The Morgan fingerprint density at radius 2 is 1.79 bits per heavy atom. The van der Waals surface area contributed by atoms with Gasteiger partial charge in [-0.2, -0.15) is 0 Å². The van der Waals surface area contributed by atoms with Crippen LogP contribution >= 0.6 is 0 Å². The first-order valence-corrected chi connectivity index (χ1v) is 12.6. The number of allylic oxidation sites excluding steroid dienone is 1. The van der Waals surface area contributed by atoms with Crippen LogP contribution in [0.25, 0.3) is 0 Å². The van der Waals surface area contributed by atoms with Gasteiger partial charge in [0.25, 0.3) is 5.91 Å². The molecule has 220 valence electrons. The third kappa shape index (κ3) is 11.7. The first kappa shape index (κ1) is 34.0. The van der Waals surface area contributed by atoms with Gasteiger partial charge in [-0.05, 0) is 23.8 Å². The number of ether oxygens (including phenoxy) is 3. The highest BCUT2D eigenvalue weighted by Gasteiger charge is 2.37. The summed E-state index contributed by atoms with van der Waals surface area (Å²) in [4.78, 5) is 37.4. The molecule has 2 amide bonds. The molecule has 1 heterocycles. The number of aliphatic hydroxyl groups excluding tert-OH is 3. The second kappa shape index (κ2) is 16.2. The summed E-state index contributed by atoms with van der Waals surface area (Å²) < 4.78 is 15.5. The van der Waals surface area contributed by atoms with Crippen LogP contribution in [0.3, 0.4) is 0 Å². The number of aliphatic hydroxyl groups is 3. The molecule has 0 aromatic heterocycles. The van der Waals surface area contributed by atoms with Crippen LogP contribution in [0, 0.1) is 5.41 Å². The van der Waals surface area contributed by atoms with Crippen LogP contribution in [0.15, 0.2) is 42.5 Å². The van der Waals surface area contributed by atoms with E-state index in [9.17, 15) is 29.7 Å². The van der Waals surface area contributed by atoms with Gasteiger partial charge >= 0.3 is 6.16 Å². The number of carbonyl (C=O) groups excluding carboxylic acids is 3. The average molecular weight is 553 g/mol. The third-order valence-corrected chi connectivity index (χ3v) is 5.95. The van der Waals surface area contributed by atoms with E-state index in [2.05, 4.69) is 10.6 Å². The summed E-state index contributed by atoms with van der Waals surface area (Å²) in [5.74, 6) is -1.34. The number of hydrogen-bond donors (Lipinski definition) is 5. The Bertz CT molecular complexity index is 933. The topological polar surface area (TPSA) is 164 Å². The van der Waals surface area contributed by atoms with E-state index in [4.69, 9.17) is 14.2 Å². The maximum Gasteiger partial charge on any atom is 0.508 e. The van der Waals surface area contributed by atoms with Crippen LogP contribution in [0.1, 0.15) is 46.6 Å². The van der Waals surface area contributed by atoms with Crippen molar-refractivity contribution in [1.29, 1.82) is 0 Å². The van der Waals surface area contributed by atoms with Crippen molar-refractivity contribution in [2.24, 2.45) is 5.41 Å². The largest absolute Gasteiger partial charge is 0.508 e. The minimum absolute atomic E-state index is 0. The van der Waals surface area contributed by atoms with Crippen molar-refractivity contribution in [1.82, 2.24) is 10.6 Å². The first-order chi connectivity index (χ1) is 17.9. The molecule has 5 N–H and O–H groups in total. The molecule has 1 fully saturated rings. The lowest BCUT2D eigenvalue weighted by atomic mass is 9.94. The van der Waals surface area contributed by atoms with Crippen molar-refractivity contribution >= 4 is 18.0 Å². The molecule has 0 spiro atoms. The predicted molar refractivity (Wildman–Crippen MR) is 145 cm³/mol. The molecular formula is C28H44N2O9. The van der Waals surface area contributed by atoms with Crippen molar-refractivity contribution in [3.05, 3.63) is 48.0 Å². The number of nitrogens with one attached hydrogen (secondary N) is 2. The summed E-state index contributed by atoms with van der Waals surface area (Å²) in [6.07, 6.45) is -4.02. The Morgan fingerprint density at radius 1 is 1.13 bits per heavy atom. The molecule has 1 aliphatic heterocycles. The molecule has 6 atom stereocenters. The van der Waals surface area contributed by atoms with Gasteiger partial charge < -0.3 is 40.2 Å². The zero-order valence-corrected chi connectivity index (χ0v) is 22.3. The Morgan fingerprint density at radius 3 is 2.41 bits per heavy atom. The molecule has 2 rings (SSSR count). The smallest absolute Gasteiger partial charge is 0.434 e. The number of carbonyl (C=O) groups is 3. The molecule has 0 saturated carbocycles. The highest BCUT2D eigenvalue weighted by molar-refractivity contribution is 5.89. The van der Waals surface area contributed by atoms with Crippen molar-refractivity contribution in [3.8, 4) is 0 Å². The molecule has 11 nitrogen and oxygen atoms in total. The van der Waals surface area contributed by atoms with Crippen molar-refractivity contribution < 1.29 is 43.9 Å². The van der Waals surface area contributed by atoms with E-state index in [1.165, 1.54) is 6.08 Å². The van der Waals surface area contributed by atoms with Crippen LogP contribution in [0.5, 0.6) is 0 Å². The van der Waals surface area contributed by atoms with Gasteiger partial charge in [-0.1, -0.05) is 70.7 Å². The molecule has 1 aromatic carbocycles. The zero-order chi connectivity index (χ0) is 28.3. The van der Waals surface area contributed by atoms with E-state index < -0.39 is 54.5 Å². The summed E-state index contributed by atoms with van der Waals surface area (Å²) >= 11 is 0. The second-order valence-corrected chi connectivity index (χ2v) is 10.3. The van der Waals surface area contributed by atoms with E-state index in [0.717, 1.165) is 12.7 Å². The Labute approximate surface area is 230 Å². The molecule has 1 aromatic rings. The van der Waals surface area contributed by atoms with Gasteiger partial charge in [-0.25, -0.2) is 4.79 Å². The van der Waals surface area contributed by atoms with Gasteiger partial charge in [0.15, 0.2) is 6.10 Å². The fraction of sp³-hybridized carbons (Fsp3) is 0.607. The molecule has 39 heavy (non-hydrogen) atoms. The Balaban J connectivity index is 0.00000760. The second-order valence-electron chi connectivity index (χ2n) is 10.3. The van der Waals surface area contributed by atoms with Gasteiger partial charge in [0.05, 0.1) is 13.2 Å². The van der Waals surface area contributed by atoms with Crippen LogP contribution in [0.2, 0.25) is 0 Å². The minimum Gasteiger partial charge on any atom is -0.434 e. The summed E-state index contributed by atoms with van der Waals surface area (Å²) in [6.45, 7) is 5.88. The number of hydrogen-bond acceptors (Lipinski definition) is 9. The van der Waals surface area contributed by atoms with E-state index in [1.54, 1.807) is 6.08 Å². The van der Waals surface area contributed by atoms with E-state index in [-0.39, 0.29) is 38.8 Å². The molecular weight excluding hydrogens is 508 g/mol. The Kier molecular flexibility index (Phi) is 14.1. The fourth-order valence-corrected chi connectivity index (χ4v) is 3.77. The average Bonchev–Trinajstić information content (AvgIpc) is 3.03. The van der Waals surface area contributed by atoms with Crippen molar-refractivity contribution in [3.63, 3.8) is 0 Å². The molecule has 11 heteroatoms. The van der Waals surface area contributed by atoms with Crippen LogP contribution in [-0.2, 0) is 30.2 Å². The monoisotopic (exact) mass is 552 g/mol. The maximum atomic E-state index is 12.8. The fourth-order valence-electron chi connectivity index (χ4n) is 3.77. The minimum atomic E-state index is -1.77. The van der Waals surface area contributed by atoms with Gasteiger partial charge in [0.2, 0.25) is 5.91 Å². The molecule has 1 aliphatic rings. The standard InChI is InChI=1S/C27H40N2O9.CH4/c1-27(2,3)14-12-20(30)21(31)22(32)23(36-4)25(34)29-19-11-10-18(16-28-24(19)33)38-26(35)37-15-13-17-8-6-5-7-9-17;/h5-9,12,14,18-23,30-32H,10-11,13,15-16H2,1-4H3,(H,28,33)(H,29,34);1H4/b14-12+;/t18-,19+,20-,21+,22-,23-;/m1./s1. The summed E-state index contributed by atoms with van der Waals surface area (Å²) in [5.41, 5.74) is 0.750. The molecule has 0 aliphatic carbocycles. The van der Waals surface area contributed by atoms with E-state index in [1.807, 2.05) is 51.1 Å². The molecule has 0 unspecified atom stereocenters. The van der Waals surface area contributed by atoms with Gasteiger partial charge in [0.1, 0.15) is 30.5 Å². The van der Waals surface area contributed by atoms with Crippen LogP contribution in [-0.4, -0.2) is 90.1 Å². The quantitative estimate of drug-likeness (QED) is 0.202. The third-order valence-electron chi connectivity index (χ3n) is 5.95. The van der Waals surface area contributed by atoms with Crippen LogP contribution in [0.4, 0.5) is 4.79 Å². The first-order valence-electron chi connectivity index (χ1n) is 12.6. The van der Waals surface area contributed by atoms with Gasteiger partial charge in [-0.3, -0.25) is 9.59 Å². The van der Waals surface area contributed by atoms with E-state index >= 15 is 0 Å². The number of benzene rings is 1. The Hall–Kier alpha value is -2.99. The maximum absolute atomic E-state index is 12.8. The number of rotatable bonds is 11. The number of methoxy groups -OCH3 is 1. The molecule has 1 saturated heterocycles.